The average Bonchev–Trinajstić information content (AvgIpc) is 3.34. The van der Waals surface area contributed by atoms with Gasteiger partial charge in [0.05, 0.1) is 18.7 Å². The van der Waals surface area contributed by atoms with Crippen LogP contribution in [0.4, 0.5) is 4.79 Å². The maximum atomic E-state index is 12.1. The minimum absolute atomic E-state index is 0.0124. The van der Waals surface area contributed by atoms with Gasteiger partial charge in [0.15, 0.2) is 5.82 Å². The molecule has 3 aromatic heterocycles. The standard InChI is InChI=1S/C18H16N4O3S/c1-24-18(23)22-8-10-2-3-14(22)11(6-10)16-20-17(25-21-16)13-9-26-15-4-5-19-7-12(13)15/h2-5,7,9-11,14H,6,8H2,1H3. The van der Waals surface area contributed by atoms with Gasteiger partial charge in [-0.05, 0) is 18.4 Å². The summed E-state index contributed by atoms with van der Waals surface area (Å²) < 4.78 is 11.6. The number of aromatic nitrogens is 3. The number of methoxy groups -OCH3 is 1. The lowest BCUT2D eigenvalue weighted by atomic mass is 9.77. The highest BCUT2D eigenvalue weighted by atomic mass is 32.1. The highest BCUT2D eigenvalue weighted by Crippen LogP contribution is 2.41. The predicted molar refractivity (Wildman–Crippen MR) is 95.8 cm³/mol. The molecular weight excluding hydrogens is 352 g/mol. The molecule has 0 spiro atoms. The number of carbonyl (C=O) groups excluding carboxylic acids is 1. The van der Waals surface area contributed by atoms with Gasteiger partial charge < -0.3 is 14.2 Å². The number of rotatable bonds is 2. The Bertz CT molecular complexity index is 1010. The highest BCUT2D eigenvalue weighted by Gasteiger charge is 2.43. The summed E-state index contributed by atoms with van der Waals surface area (Å²) in [5, 5.41) is 7.25. The van der Waals surface area contributed by atoms with Crippen LogP contribution in [0.5, 0.6) is 0 Å². The third-order valence-electron chi connectivity index (χ3n) is 5.13. The maximum Gasteiger partial charge on any atom is 0.410 e. The van der Waals surface area contributed by atoms with Crippen LogP contribution in [-0.2, 0) is 4.74 Å². The van der Waals surface area contributed by atoms with Gasteiger partial charge in [-0.3, -0.25) is 4.98 Å². The average molecular weight is 368 g/mol. The van der Waals surface area contributed by atoms with Crippen molar-refractivity contribution in [2.45, 2.75) is 18.4 Å². The molecule has 0 saturated carbocycles. The van der Waals surface area contributed by atoms with Crippen molar-refractivity contribution in [3.05, 3.63) is 41.8 Å². The van der Waals surface area contributed by atoms with E-state index in [1.54, 1.807) is 22.4 Å². The van der Waals surface area contributed by atoms with E-state index in [0.717, 1.165) is 22.1 Å². The topological polar surface area (TPSA) is 81.4 Å². The van der Waals surface area contributed by atoms with Crippen LogP contribution in [0.2, 0.25) is 0 Å². The molecular formula is C18H16N4O3S. The molecule has 1 aliphatic carbocycles. The Hall–Kier alpha value is -2.74. The molecule has 8 heteroatoms. The summed E-state index contributed by atoms with van der Waals surface area (Å²) in [5.41, 5.74) is 0.901. The van der Waals surface area contributed by atoms with Crippen LogP contribution in [0, 0.1) is 5.92 Å². The number of pyridine rings is 1. The molecule has 0 N–H and O–H groups in total. The second kappa shape index (κ2) is 5.91. The van der Waals surface area contributed by atoms with Gasteiger partial charge in [0.2, 0.25) is 0 Å². The van der Waals surface area contributed by atoms with Gasteiger partial charge in [0.25, 0.3) is 5.89 Å². The number of fused-ring (bicyclic) bond motifs is 3. The van der Waals surface area contributed by atoms with Gasteiger partial charge in [-0.1, -0.05) is 17.3 Å². The first kappa shape index (κ1) is 15.5. The number of nitrogens with zero attached hydrogens (tertiary/aromatic N) is 4. The first-order valence-corrected chi connectivity index (χ1v) is 9.30. The molecule has 26 heavy (non-hydrogen) atoms. The number of hydrogen-bond donors (Lipinski definition) is 0. The predicted octanol–water partition coefficient (Wildman–Crippen LogP) is 3.46. The Morgan fingerprint density at radius 3 is 3.19 bits per heavy atom. The fraction of sp³-hybridized carbons (Fsp3) is 0.333. The van der Waals surface area contributed by atoms with Crippen molar-refractivity contribution in [2.75, 3.05) is 13.7 Å². The van der Waals surface area contributed by atoms with Gasteiger partial charge >= 0.3 is 6.09 Å². The van der Waals surface area contributed by atoms with Gasteiger partial charge in [-0.2, -0.15) is 4.98 Å². The van der Waals surface area contributed by atoms with E-state index in [9.17, 15) is 4.79 Å². The largest absolute Gasteiger partial charge is 0.453 e. The molecule has 5 heterocycles. The molecule has 0 aromatic carbocycles. The lowest BCUT2D eigenvalue weighted by molar-refractivity contribution is 0.0755. The van der Waals surface area contributed by atoms with Crippen LogP contribution in [0.1, 0.15) is 18.2 Å². The van der Waals surface area contributed by atoms with Crippen molar-refractivity contribution < 1.29 is 14.1 Å². The summed E-state index contributed by atoms with van der Waals surface area (Å²) in [6.45, 7) is 0.676. The van der Waals surface area contributed by atoms with Gasteiger partial charge in [-0.25, -0.2) is 4.79 Å². The quantitative estimate of drug-likeness (QED) is 0.645. The van der Waals surface area contributed by atoms with Crippen LogP contribution in [0.15, 0.2) is 40.5 Å². The number of piperidine rings is 1. The SMILES string of the molecule is COC(=O)N1CC2C=CC1C(c1noc(-c3csc4ccncc34)n1)C2. The Kier molecular flexibility index (Phi) is 3.53. The molecule has 132 valence electrons. The fourth-order valence-electron chi connectivity index (χ4n) is 3.88. The third-order valence-corrected chi connectivity index (χ3v) is 6.09. The molecule has 3 unspecified atom stereocenters. The first-order chi connectivity index (χ1) is 12.7. The minimum atomic E-state index is -0.312. The molecule has 1 fully saturated rings. The number of amides is 1. The van der Waals surface area contributed by atoms with E-state index in [1.165, 1.54) is 7.11 Å². The molecule has 3 aliphatic rings. The summed E-state index contributed by atoms with van der Waals surface area (Å²) in [4.78, 5) is 22.7. The lowest BCUT2D eigenvalue weighted by Gasteiger charge is -2.44. The van der Waals surface area contributed by atoms with Crippen molar-refractivity contribution in [3.8, 4) is 11.5 Å². The minimum Gasteiger partial charge on any atom is -0.453 e. The summed E-state index contributed by atoms with van der Waals surface area (Å²) in [6.07, 6.45) is 8.40. The molecule has 2 aliphatic heterocycles. The summed E-state index contributed by atoms with van der Waals surface area (Å²) in [5.74, 6) is 1.43. The number of carbonyl (C=O) groups is 1. The van der Waals surface area contributed by atoms with E-state index in [0.29, 0.717) is 18.3 Å². The van der Waals surface area contributed by atoms with E-state index >= 15 is 0 Å². The summed E-state index contributed by atoms with van der Waals surface area (Å²) in [6, 6.07) is 1.87. The second-order valence-corrected chi connectivity index (χ2v) is 7.49. The molecule has 1 amide bonds. The van der Waals surface area contributed by atoms with Crippen LogP contribution in [0.3, 0.4) is 0 Å². The second-order valence-electron chi connectivity index (χ2n) is 6.58. The molecule has 3 atom stereocenters. The van der Waals surface area contributed by atoms with Crippen molar-refractivity contribution in [3.63, 3.8) is 0 Å². The van der Waals surface area contributed by atoms with Crippen LogP contribution in [0.25, 0.3) is 21.5 Å². The lowest BCUT2D eigenvalue weighted by Crippen LogP contribution is -2.52. The zero-order valence-corrected chi connectivity index (χ0v) is 14.8. The smallest absolute Gasteiger partial charge is 0.410 e. The Labute approximate surface area is 153 Å². The van der Waals surface area contributed by atoms with Crippen molar-refractivity contribution >= 4 is 27.5 Å². The van der Waals surface area contributed by atoms with E-state index in [4.69, 9.17) is 9.26 Å². The Morgan fingerprint density at radius 1 is 1.42 bits per heavy atom. The van der Waals surface area contributed by atoms with Crippen LogP contribution in [-0.4, -0.2) is 45.8 Å². The van der Waals surface area contributed by atoms with E-state index in [2.05, 4.69) is 27.3 Å². The molecule has 7 nitrogen and oxygen atoms in total. The van der Waals surface area contributed by atoms with Crippen molar-refractivity contribution in [1.82, 2.24) is 20.0 Å². The molecule has 1 saturated heterocycles. The van der Waals surface area contributed by atoms with Crippen LogP contribution < -0.4 is 0 Å². The van der Waals surface area contributed by atoms with Crippen molar-refractivity contribution in [2.24, 2.45) is 5.92 Å². The Balaban J connectivity index is 1.49. The van der Waals surface area contributed by atoms with Crippen molar-refractivity contribution in [1.29, 1.82) is 0 Å². The zero-order chi connectivity index (χ0) is 17.7. The maximum absolute atomic E-state index is 12.1. The van der Waals surface area contributed by atoms with Crippen LogP contribution >= 0.6 is 11.3 Å². The molecule has 6 rings (SSSR count). The van der Waals surface area contributed by atoms with E-state index in [-0.39, 0.29) is 24.0 Å². The van der Waals surface area contributed by atoms with Gasteiger partial charge in [-0.15, -0.1) is 11.3 Å². The van der Waals surface area contributed by atoms with Gasteiger partial charge in [0.1, 0.15) is 0 Å². The first-order valence-electron chi connectivity index (χ1n) is 8.42. The normalized spacial score (nSPS) is 24.3. The fourth-order valence-corrected chi connectivity index (χ4v) is 4.79. The number of ether oxygens (including phenoxy) is 1. The summed E-state index contributed by atoms with van der Waals surface area (Å²) >= 11 is 1.62. The Morgan fingerprint density at radius 2 is 2.35 bits per heavy atom. The van der Waals surface area contributed by atoms with E-state index in [1.807, 2.05) is 17.6 Å². The molecule has 0 radical (unpaired) electrons. The third kappa shape index (κ3) is 2.33. The van der Waals surface area contributed by atoms with Gasteiger partial charge in [0, 0.05) is 40.3 Å². The van der Waals surface area contributed by atoms with E-state index < -0.39 is 0 Å². The zero-order valence-electron chi connectivity index (χ0n) is 14.0. The highest BCUT2D eigenvalue weighted by molar-refractivity contribution is 7.17. The number of thiophene rings is 1. The monoisotopic (exact) mass is 368 g/mol. The number of hydrogen-bond acceptors (Lipinski definition) is 7. The molecule has 2 bridgehead atoms. The summed E-state index contributed by atoms with van der Waals surface area (Å²) in [7, 11) is 1.41. The molecule has 3 aromatic rings.